The van der Waals surface area contributed by atoms with Crippen LogP contribution < -0.4 is 0 Å². The van der Waals surface area contributed by atoms with Crippen molar-refractivity contribution in [1.82, 2.24) is 19.7 Å². The van der Waals surface area contributed by atoms with Crippen LogP contribution in [0.15, 0.2) is 46.0 Å². The highest BCUT2D eigenvalue weighted by Gasteiger charge is 2.30. The van der Waals surface area contributed by atoms with Gasteiger partial charge in [0.05, 0.1) is 10.4 Å². The van der Waals surface area contributed by atoms with E-state index in [2.05, 4.69) is 37.3 Å². The fourth-order valence-electron chi connectivity index (χ4n) is 2.18. The molecule has 4 rings (SSSR count). The van der Waals surface area contributed by atoms with Crippen LogP contribution in [0.3, 0.4) is 0 Å². The van der Waals surface area contributed by atoms with Gasteiger partial charge in [-0.1, -0.05) is 6.07 Å². The predicted molar refractivity (Wildman–Crippen MR) is 84.7 cm³/mol. The number of hydrogen-bond acceptors (Lipinski definition) is 6. The summed E-state index contributed by atoms with van der Waals surface area (Å²) in [6.07, 6.45) is 3.93. The van der Waals surface area contributed by atoms with Gasteiger partial charge >= 0.3 is 0 Å². The molecule has 3 aromatic rings. The van der Waals surface area contributed by atoms with Gasteiger partial charge in [0.25, 0.3) is 0 Å². The molecular formula is C15H11N5S2. The maximum atomic E-state index is 8.83. The van der Waals surface area contributed by atoms with E-state index in [1.807, 2.05) is 12.1 Å². The lowest BCUT2D eigenvalue weighted by Crippen LogP contribution is -1.98. The molecule has 1 saturated carbocycles. The van der Waals surface area contributed by atoms with Gasteiger partial charge in [-0.25, -0.2) is 4.98 Å². The zero-order valence-electron chi connectivity index (χ0n) is 11.5. The molecule has 3 aromatic heterocycles. The third-order valence-electron chi connectivity index (χ3n) is 3.38. The number of nitrogens with zero attached hydrogens (tertiary/aromatic N) is 5. The number of hydrogen-bond donors (Lipinski definition) is 0. The van der Waals surface area contributed by atoms with Crippen LogP contribution in [-0.2, 0) is 0 Å². The Morgan fingerprint density at radius 3 is 2.82 bits per heavy atom. The van der Waals surface area contributed by atoms with Gasteiger partial charge in [-0.05, 0) is 48.2 Å². The summed E-state index contributed by atoms with van der Waals surface area (Å²) < 4.78 is 2.22. The Hall–Kier alpha value is -2.17. The summed E-state index contributed by atoms with van der Waals surface area (Å²) in [5.41, 5.74) is 0.562. The summed E-state index contributed by atoms with van der Waals surface area (Å²) in [7, 11) is 0. The highest BCUT2D eigenvalue weighted by atomic mass is 32.2. The maximum absolute atomic E-state index is 8.83. The number of pyridine rings is 1. The molecule has 0 bridgehead atoms. The number of rotatable bonds is 4. The Kier molecular flexibility index (Phi) is 3.41. The van der Waals surface area contributed by atoms with Crippen LogP contribution in [0, 0.1) is 11.3 Å². The second kappa shape index (κ2) is 5.55. The fourth-order valence-corrected chi connectivity index (χ4v) is 3.73. The van der Waals surface area contributed by atoms with Crippen molar-refractivity contribution in [2.24, 2.45) is 0 Å². The Labute approximate surface area is 135 Å². The van der Waals surface area contributed by atoms with Gasteiger partial charge < -0.3 is 0 Å². The van der Waals surface area contributed by atoms with Crippen LogP contribution in [0.2, 0.25) is 0 Å². The molecule has 3 heterocycles. The van der Waals surface area contributed by atoms with Crippen LogP contribution in [-0.4, -0.2) is 19.7 Å². The van der Waals surface area contributed by atoms with E-state index in [1.54, 1.807) is 23.6 Å². The van der Waals surface area contributed by atoms with Gasteiger partial charge in [0, 0.05) is 12.2 Å². The average molecular weight is 325 g/mol. The van der Waals surface area contributed by atoms with Crippen molar-refractivity contribution in [2.75, 3.05) is 0 Å². The van der Waals surface area contributed by atoms with Gasteiger partial charge in [-0.2, -0.15) is 5.26 Å². The summed E-state index contributed by atoms with van der Waals surface area (Å²) >= 11 is 3.17. The molecule has 7 heteroatoms. The minimum absolute atomic E-state index is 0.494. The molecular weight excluding hydrogens is 314 g/mol. The Balaban J connectivity index is 1.68. The van der Waals surface area contributed by atoms with E-state index in [0.717, 1.165) is 20.9 Å². The van der Waals surface area contributed by atoms with Crippen molar-refractivity contribution in [2.45, 2.75) is 29.1 Å². The number of thiophene rings is 1. The molecule has 1 aliphatic rings. The predicted octanol–water partition coefficient (Wildman–Crippen LogP) is 3.76. The Morgan fingerprint density at radius 2 is 2.18 bits per heavy atom. The molecule has 0 spiro atoms. The van der Waals surface area contributed by atoms with Crippen molar-refractivity contribution in [3.63, 3.8) is 0 Å². The first-order chi connectivity index (χ1) is 10.8. The van der Waals surface area contributed by atoms with Crippen LogP contribution >= 0.6 is 23.1 Å². The number of aromatic nitrogens is 4. The molecule has 0 aromatic carbocycles. The third kappa shape index (κ3) is 2.51. The van der Waals surface area contributed by atoms with E-state index in [4.69, 9.17) is 5.26 Å². The molecule has 0 radical (unpaired) electrons. The highest BCUT2D eigenvalue weighted by Crippen LogP contribution is 2.42. The molecule has 0 atom stereocenters. The molecule has 1 aliphatic carbocycles. The molecule has 22 heavy (non-hydrogen) atoms. The van der Waals surface area contributed by atoms with Gasteiger partial charge in [0.15, 0.2) is 11.0 Å². The van der Waals surface area contributed by atoms with Gasteiger partial charge in [0.1, 0.15) is 11.1 Å². The first kappa shape index (κ1) is 13.5. The van der Waals surface area contributed by atoms with Crippen LogP contribution in [0.25, 0.3) is 10.7 Å². The minimum atomic E-state index is 0.494. The van der Waals surface area contributed by atoms with Crippen molar-refractivity contribution in [1.29, 1.82) is 5.26 Å². The minimum Gasteiger partial charge on any atom is -0.298 e. The lowest BCUT2D eigenvalue weighted by Gasteiger charge is -2.07. The third-order valence-corrected chi connectivity index (χ3v) is 5.16. The lowest BCUT2D eigenvalue weighted by molar-refractivity contribution is 0.669. The van der Waals surface area contributed by atoms with Crippen LogP contribution in [0.1, 0.15) is 24.4 Å². The summed E-state index contributed by atoms with van der Waals surface area (Å²) in [6, 6.07) is 10.3. The molecule has 0 saturated heterocycles. The SMILES string of the molecule is N#Cc1ccc(Sc2nnc(-c3cccs3)n2C2CC2)nc1. The quantitative estimate of drug-likeness (QED) is 0.730. The molecule has 0 N–H and O–H groups in total. The Bertz CT molecular complexity index is 826. The average Bonchev–Trinajstić information content (AvgIpc) is 3.08. The fraction of sp³-hybridized carbons (Fsp3) is 0.200. The second-order valence-electron chi connectivity index (χ2n) is 4.98. The molecule has 5 nitrogen and oxygen atoms in total. The monoisotopic (exact) mass is 325 g/mol. The van der Waals surface area contributed by atoms with Crippen LogP contribution in [0.4, 0.5) is 0 Å². The van der Waals surface area contributed by atoms with E-state index >= 15 is 0 Å². The number of nitriles is 1. The zero-order valence-corrected chi connectivity index (χ0v) is 13.1. The van der Waals surface area contributed by atoms with Crippen molar-refractivity contribution < 1.29 is 0 Å². The van der Waals surface area contributed by atoms with E-state index in [0.29, 0.717) is 11.6 Å². The van der Waals surface area contributed by atoms with E-state index in [1.165, 1.54) is 24.6 Å². The normalized spacial score (nSPS) is 14.0. The van der Waals surface area contributed by atoms with Gasteiger partial charge in [-0.15, -0.1) is 21.5 Å². The maximum Gasteiger partial charge on any atom is 0.198 e. The Morgan fingerprint density at radius 1 is 1.27 bits per heavy atom. The van der Waals surface area contributed by atoms with E-state index < -0.39 is 0 Å². The first-order valence-electron chi connectivity index (χ1n) is 6.88. The van der Waals surface area contributed by atoms with Crippen molar-refractivity contribution in [3.8, 4) is 16.8 Å². The molecule has 0 unspecified atom stereocenters. The molecule has 0 aliphatic heterocycles. The summed E-state index contributed by atoms with van der Waals surface area (Å²) in [5, 5.41) is 21.3. The standard InChI is InChI=1S/C15H11N5S2/c16-8-10-3-6-13(17-9-10)22-15-19-18-14(12-2-1-7-21-12)20(15)11-4-5-11/h1-3,6-7,9,11H,4-5H2. The molecule has 0 amide bonds. The smallest absolute Gasteiger partial charge is 0.198 e. The second-order valence-corrected chi connectivity index (χ2v) is 6.92. The summed E-state index contributed by atoms with van der Waals surface area (Å²) in [6.45, 7) is 0. The van der Waals surface area contributed by atoms with Crippen molar-refractivity contribution >= 4 is 23.1 Å². The van der Waals surface area contributed by atoms with Crippen molar-refractivity contribution in [3.05, 3.63) is 41.4 Å². The zero-order chi connectivity index (χ0) is 14.9. The molecule has 108 valence electrons. The highest BCUT2D eigenvalue weighted by molar-refractivity contribution is 7.99. The first-order valence-corrected chi connectivity index (χ1v) is 8.57. The topological polar surface area (TPSA) is 67.4 Å². The molecule has 1 fully saturated rings. The largest absolute Gasteiger partial charge is 0.298 e. The van der Waals surface area contributed by atoms with E-state index in [-0.39, 0.29) is 0 Å². The van der Waals surface area contributed by atoms with Gasteiger partial charge in [0.2, 0.25) is 0 Å². The summed E-state index contributed by atoms with van der Waals surface area (Å²) in [5.74, 6) is 0.939. The lowest BCUT2D eigenvalue weighted by atomic mass is 10.3. The summed E-state index contributed by atoms with van der Waals surface area (Å²) in [4.78, 5) is 5.44. The van der Waals surface area contributed by atoms with Crippen LogP contribution in [0.5, 0.6) is 0 Å². The van der Waals surface area contributed by atoms with E-state index in [9.17, 15) is 0 Å². The van der Waals surface area contributed by atoms with Gasteiger partial charge in [-0.3, -0.25) is 4.57 Å².